The molecule has 1 fully saturated rings. The van der Waals surface area contributed by atoms with Gasteiger partial charge < -0.3 is 10.2 Å². The minimum absolute atomic E-state index is 0.00468. The molecule has 0 radical (unpaired) electrons. The van der Waals surface area contributed by atoms with Gasteiger partial charge >= 0.3 is 0 Å². The lowest BCUT2D eigenvalue weighted by Gasteiger charge is -2.36. The first-order valence-corrected chi connectivity index (χ1v) is 10.1. The Morgan fingerprint density at radius 3 is 2.32 bits per heavy atom. The van der Waals surface area contributed by atoms with Crippen LogP contribution >= 0.6 is 0 Å². The fraction of sp³-hybridized carbons (Fsp3) is 0.611. The summed E-state index contributed by atoms with van der Waals surface area (Å²) in [5.74, 6) is -0.233. The van der Waals surface area contributed by atoms with E-state index in [9.17, 15) is 13.2 Å². The average molecular weight is 368 g/mol. The molecule has 7 heteroatoms. The highest BCUT2D eigenvalue weighted by molar-refractivity contribution is 7.89. The molecular formula is C18H29N3O3S. The Kier molecular flexibility index (Phi) is 5.91. The number of amides is 1. The van der Waals surface area contributed by atoms with Crippen LogP contribution in [0.15, 0.2) is 17.0 Å². The van der Waals surface area contributed by atoms with Crippen molar-refractivity contribution in [3.8, 4) is 0 Å². The number of sulfonamides is 1. The molecule has 1 aromatic rings. The van der Waals surface area contributed by atoms with E-state index in [1.165, 1.54) is 26.0 Å². The van der Waals surface area contributed by atoms with Gasteiger partial charge in [0.15, 0.2) is 0 Å². The van der Waals surface area contributed by atoms with Gasteiger partial charge in [-0.2, -0.15) is 0 Å². The highest BCUT2D eigenvalue weighted by Gasteiger charge is 2.36. The van der Waals surface area contributed by atoms with Crippen LogP contribution in [-0.4, -0.2) is 52.5 Å². The van der Waals surface area contributed by atoms with Crippen LogP contribution in [0.1, 0.15) is 47.2 Å². The Labute approximate surface area is 151 Å². The topological polar surface area (TPSA) is 78.5 Å². The minimum Gasteiger partial charge on any atom is -0.350 e. The summed E-state index contributed by atoms with van der Waals surface area (Å²) in [5, 5.41) is 3.01. The van der Waals surface area contributed by atoms with Gasteiger partial charge in [0.25, 0.3) is 5.91 Å². The number of benzene rings is 1. The first kappa shape index (κ1) is 19.9. The second-order valence-electron chi connectivity index (χ2n) is 7.13. The molecule has 0 saturated heterocycles. The van der Waals surface area contributed by atoms with Gasteiger partial charge in [-0.3, -0.25) is 4.79 Å². The zero-order chi connectivity index (χ0) is 18.8. The van der Waals surface area contributed by atoms with Crippen molar-refractivity contribution >= 4 is 15.9 Å². The van der Waals surface area contributed by atoms with Crippen LogP contribution in [0.25, 0.3) is 0 Å². The van der Waals surface area contributed by atoms with Crippen molar-refractivity contribution in [1.82, 2.24) is 14.9 Å². The molecular weight excluding hydrogens is 338 g/mol. The predicted molar refractivity (Wildman–Crippen MR) is 99.4 cm³/mol. The molecule has 0 heterocycles. The van der Waals surface area contributed by atoms with Crippen molar-refractivity contribution in [2.24, 2.45) is 0 Å². The Morgan fingerprint density at radius 2 is 1.80 bits per heavy atom. The summed E-state index contributed by atoms with van der Waals surface area (Å²) < 4.78 is 26.7. The molecule has 1 aromatic carbocycles. The van der Waals surface area contributed by atoms with Crippen LogP contribution in [0.2, 0.25) is 0 Å². The lowest BCUT2D eigenvalue weighted by molar-refractivity contribution is 0.0899. The molecule has 0 spiro atoms. The third-order valence-electron chi connectivity index (χ3n) is 5.50. The molecule has 0 atom stereocenters. The summed E-state index contributed by atoms with van der Waals surface area (Å²) in [5.41, 5.74) is 1.81. The van der Waals surface area contributed by atoms with Crippen LogP contribution in [0.4, 0.5) is 0 Å². The van der Waals surface area contributed by atoms with Crippen molar-refractivity contribution < 1.29 is 13.2 Å². The highest BCUT2D eigenvalue weighted by Crippen LogP contribution is 2.33. The minimum atomic E-state index is -3.60. The van der Waals surface area contributed by atoms with Crippen molar-refractivity contribution in [2.75, 3.05) is 27.7 Å². The van der Waals surface area contributed by atoms with Crippen LogP contribution < -0.4 is 10.0 Å². The molecule has 2 N–H and O–H groups in total. The predicted octanol–water partition coefficient (Wildman–Crippen LogP) is 1.82. The van der Waals surface area contributed by atoms with Crippen molar-refractivity contribution in [1.29, 1.82) is 0 Å². The fourth-order valence-electron chi connectivity index (χ4n) is 3.51. The quantitative estimate of drug-likeness (QED) is 0.804. The first-order valence-electron chi connectivity index (χ1n) is 8.63. The average Bonchev–Trinajstić information content (AvgIpc) is 3.05. The second-order valence-corrected chi connectivity index (χ2v) is 8.99. The Hall–Kier alpha value is -1.44. The number of nitrogens with one attached hydrogen (secondary N) is 2. The van der Waals surface area contributed by atoms with Gasteiger partial charge in [-0.25, -0.2) is 13.1 Å². The zero-order valence-corrected chi connectivity index (χ0v) is 16.6. The molecule has 0 aliphatic heterocycles. The van der Waals surface area contributed by atoms with E-state index in [0.717, 1.165) is 18.4 Å². The van der Waals surface area contributed by atoms with Gasteiger partial charge in [0.05, 0.1) is 4.90 Å². The molecule has 1 amide bonds. The number of nitrogens with zero attached hydrogens (tertiary/aromatic N) is 1. The molecule has 0 unspecified atom stereocenters. The van der Waals surface area contributed by atoms with Gasteiger partial charge in [0, 0.05) is 17.6 Å². The first-order chi connectivity index (χ1) is 11.6. The molecule has 0 aromatic heterocycles. The number of hydrogen-bond acceptors (Lipinski definition) is 4. The lowest BCUT2D eigenvalue weighted by atomic mass is 9.95. The number of aryl methyl sites for hydroxylation is 1. The second kappa shape index (κ2) is 7.43. The van der Waals surface area contributed by atoms with Gasteiger partial charge in [-0.15, -0.1) is 0 Å². The number of hydrogen-bond donors (Lipinski definition) is 2. The number of likely N-dealkylation sites (N-methyl/N-ethyl adjacent to an activating group) is 1. The Balaban J connectivity index is 2.25. The number of rotatable bonds is 6. The van der Waals surface area contributed by atoms with E-state index in [1.54, 1.807) is 13.0 Å². The fourth-order valence-corrected chi connectivity index (χ4v) is 4.58. The van der Waals surface area contributed by atoms with Gasteiger partial charge in [0.2, 0.25) is 10.0 Å². The molecule has 0 bridgehead atoms. The van der Waals surface area contributed by atoms with Crippen molar-refractivity contribution in [3.05, 3.63) is 28.8 Å². The van der Waals surface area contributed by atoms with E-state index in [2.05, 4.69) is 14.9 Å². The van der Waals surface area contributed by atoms with Crippen molar-refractivity contribution in [3.63, 3.8) is 0 Å². The van der Waals surface area contributed by atoms with Crippen LogP contribution in [0.3, 0.4) is 0 Å². The molecule has 6 nitrogen and oxygen atoms in total. The summed E-state index contributed by atoms with van der Waals surface area (Å²) >= 11 is 0. The largest absolute Gasteiger partial charge is 0.350 e. The van der Waals surface area contributed by atoms with Gasteiger partial charge in [-0.05, 0) is 71.1 Å². The molecule has 1 aliphatic rings. The summed E-state index contributed by atoms with van der Waals surface area (Å²) in [6.07, 6.45) is 4.46. The van der Waals surface area contributed by atoms with E-state index in [0.29, 0.717) is 17.7 Å². The molecule has 140 valence electrons. The lowest BCUT2D eigenvalue weighted by Crippen LogP contribution is -2.50. The van der Waals surface area contributed by atoms with E-state index in [4.69, 9.17) is 0 Å². The maximum Gasteiger partial charge on any atom is 0.251 e. The third kappa shape index (κ3) is 4.04. The van der Waals surface area contributed by atoms with Crippen LogP contribution in [0, 0.1) is 13.8 Å². The summed E-state index contributed by atoms with van der Waals surface area (Å²) in [4.78, 5) is 15.0. The molecule has 2 rings (SSSR count). The van der Waals surface area contributed by atoms with E-state index in [1.807, 2.05) is 21.0 Å². The summed E-state index contributed by atoms with van der Waals surface area (Å²) in [6.45, 7) is 4.14. The smallest absolute Gasteiger partial charge is 0.251 e. The molecule has 25 heavy (non-hydrogen) atoms. The van der Waals surface area contributed by atoms with E-state index >= 15 is 0 Å². The Bertz CT molecular complexity index is 751. The number of carbonyl (C=O) groups excluding carboxylic acids is 1. The molecule has 1 saturated carbocycles. The third-order valence-corrected chi connectivity index (χ3v) is 7.04. The van der Waals surface area contributed by atoms with Crippen LogP contribution in [0.5, 0.6) is 0 Å². The van der Waals surface area contributed by atoms with Gasteiger partial charge in [0.1, 0.15) is 0 Å². The number of carbonyl (C=O) groups is 1. The highest BCUT2D eigenvalue weighted by atomic mass is 32.2. The van der Waals surface area contributed by atoms with E-state index in [-0.39, 0.29) is 16.3 Å². The summed E-state index contributed by atoms with van der Waals surface area (Å²) in [6, 6.07) is 3.21. The summed E-state index contributed by atoms with van der Waals surface area (Å²) in [7, 11) is 1.86. The van der Waals surface area contributed by atoms with Crippen molar-refractivity contribution in [2.45, 2.75) is 50.0 Å². The SMILES string of the molecule is CNS(=O)(=O)c1cc(C(=O)NCC2(N(C)C)CCCC2)cc(C)c1C. The standard InChI is InChI=1S/C18H29N3O3S/c1-13-10-15(11-16(14(13)2)25(23,24)19-3)17(22)20-12-18(21(4)5)8-6-7-9-18/h10-11,19H,6-9,12H2,1-5H3,(H,20,22). The maximum absolute atomic E-state index is 12.7. The monoisotopic (exact) mass is 367 g/mol. The Morgan fingerprint density at radius 1 is 1.20 bits per heavy atom. The van der Waals surface area contributed by atoms with E-state index < -0.39 is 10.0 Å². The normalized spacial score (nSPS) is 17.0. The molecule has 1 aliphatic carbocycles. The van der Waals surface area contributed by atoms with Crippen LogP contribution in [-0.2, 0) is 10.0 Å². The van der Waals surface area contributed by atoms with Gasteiger partial charge in [-0.1, -0.05) is 12.8 Å². The zero-order valence-electron chi connectivity index (χ0n) is 15.8. The maximum atomic E-state index is 12.7.